The van der Waals surface area contributed by atoms with Gasteiger partial charge in [-0.1, -0.05) is 11.1 Å². The first-order chi connectivity index (χ1) is 4.72. The number of likely N-dealkylation sites (N-methyl/N-ethyl adjacent to an activating group) is 1. The average molecular weight is 140 g/mol. The van der Waals surface area contributed by atoms with Crippen LogP contribution in [0.25, 0.3) is 0 Å². The predicted molar refractivity (Wildman–Crippen MR) is 45.7 cm³/mol. The summed E-state index contributed by atoms with van der Waals surface area (Å²) in [6, 6.07) is 0. The average Bonchev–Trinajstić information content (AvgIpc) is 1.89. The monoisotopic (exact) mass is 140 g/mol. The van der Waals surface area contributed by atoms with E-state index < -0.39 is 0 Å². The van der Waals surface area contributed by atoms with E-state index in [1.54, 1.807) is 0 Å². The molecule has 2 heteroatoms. The van der Waals surface area contributed by atoms with E-state index in [1.807, 2.05) is 7.05 Å². The van der Waals surface area contributed by atoms with Crippen LogP contribution in [0.2, 0.25) is 0 Å². The molecule has 0 aromatic heterocycles. The van der Waals surface area contributed by atoms with Crippen LogP contribution in [0.3, 0.4) is 0 Å². The van der Waals surface area contributed by atoms with Crippen molar-refractivity contribution in [2.45, 2.75) is 20.3 Å². The highest BCUT2D eigenvalue weighted by atomic mass is 14.8. The number of nitrogens with one attached hydrogen (secondary N) is 2. The Kier molecular flexibility index (Phi) is 4.85. The minimum atomic E-state index is 0.785. The second-order valence-corrected chi connectivity index (χ2v) is 2.50. The van der Waals surface area contributed by atoms with Gasteiger partial charge in [0.2, 0.25) is 0 Å². The van der Waals surface area contributed by atoms with Crippen LogP contribution in [0.15, 0.2) is 11.1 Å². The Morgan fingerprint density at radius 3 is 2.40 bits per heavy atom. The number of hydrogen-bond acceptors (Lipinski definition) is 2. The number of rotatable bonds is 4. The molecule has 0 aromatic rings. The number of hydrogen-bond donors (Lipinski definition) is 2. The van der Waals surface area contributed by atoms with Gasteiger partial charge in [0, 0.05) is 13.0 Å². The molecule has 2 nitrogen and oxygen atoms in total. The maximum absolute atomic E-state index is 6.88. The molecule has 0 bridgehead atoms. The molecule has 0 atom stereocenters. The molecule has 0 rings (SSSR count). The molecule has 0 amide bonds. The van der Waals surface area contributed by atoms with Crippen LogP contribution >= 0.6 is 0 Å². The van der Waals surface area contributed by atoms with Crippen LogP contribution in [0.1, 0.15) is 20.3 Å². The molecule has 0 saturated carbocycles. The molecule has 0 spiro atoms. The van der Waals surface area contributed by atoms with E-state index in [-0.39, 0.29) is 0 Å². The van der Waals surface area contributed by atoms with E-state index in [2.05, 4.69) is 19.2 Å². The van der Waals surface area contributed by atoms with Crippen molar-refractivity contribution < 1.29 is 0 Å². The molecule has 0 radical (unpaired) electrons. The molecule has 58 valence electrons. The van der Waals surface area contributed by atoms with Gasteiger partial charge in [-0.3, -0.25) is 0 Å². The van der Waals surface area contributed by atoms with Gasteiger partial charge < -0.3 is 10.7 Å². The largest absolute Gasteiger partial charge is 0.316 e. The van der Waals surface area contributed by atoms with Crippen LogP contribution in [0.4, 0.5) is 0 Å². The molecule has 0 saturated heterocycles. The standard InChI is InChI=1S/C8H16N2/c1-7(4-5-9)8(2)6-10-3/h5,9-10H,4,6H2,1-3H3/b8-7-,9-5?. The van der Waals surface area contributed by atoms with Crippen LogP contribution in [-0.4, -0.2) is 19.8 Å². The van der Waals surface area contributed by atoms with Gasteiger partial charge in [0.25, 0.3) is 0 Å². The molecule has 0 unspecified atom stereocenters. The molecule has 0 aromatic carbocycles. The third-order valence-corrected chi connectivity index (χ3v) is 1.58. The smallest absolute Gasteiger partial charge is 0.0161 e. The summed E-state index contributed by atoms with van der Waals surface area (Å²) in [6.07, 6.45) is 2.22. The molecule has 0 aliphatic heterocycles. The Hall–Kier alpha value is -0.630. The highest BCUT2D eigenvalue weighted by Crippen LogP contribution is 2.04. The lowest BCUT2D eigenvalue weighted by Gasteiger charge is -2.03. The van der Waals surface area contributed by atoms with E-state index in [0.717, 1.165) is 13.0 Å². The Morgan fingerprint density at radius 1 is 1.40 bits per heavy atom. The molecular formula is C8H16N2. The lowest BCUT2D eigenvalue weighted by atomic mass is 10.1. The summed E-state index contributed by atoms with van der Waals surface area (Å²) >= 11 is 0. The second kappa shape index (κ2) is 5.18. The van der Waals surface area contributed by atoms with Crippen molar-refractivity contribution >= 4 is 6.21 Å². The van der Waals surface area contributed by atoms with Crippen molar-refractivity contribution in [3.8, 4) is 0 Å². The molecule has 0 aliphatic rings. The first-order valence-electron chi connectivity index (χ1n) is 3.51. The molecule has 0 fully saturated rings. The van der Waals surface area contributed by atoms with Crippen LogP contribution in [-0.2, 0) is 0 Å². The molecular weight excluding hydrogens is 124 g/mol. The van der Waals surface area contributed by atoms with Crippen molar-refractivity contribution in [1.82, 2.24) is 5.32 Å². The minimum Gasteiger partial charge on any atom is -0.316 e. The Labute approximate surface area is 62.8 Å². The normalized spacial score (nSPS) is 12.7. The van der Waals surface area contributed by atoms with Crippen molar-refractivity contribution in [2.24, 2.45) is 0 Å². The second-order valence-electron chi connectivity index (χ2n) is 2.50. The van der Waals surface area contributed by atoms with Crippen molar-refractivity contribution in [3.05, 3.63) is 11.1 Å². The quantitative estimate of drug-likeness (QED) is 0.451. The fourth-order valence-corrected chi connectivity index (χ4v) is 0.743. The van der Waals surface area contributed by atoms with E-state index >= 15 is 0 Å². The Balaban J connectivity index is 3.90. The summed E-state index contributed by atoms with van der Waals surface area (Å²) in [6.45, 7) is 5.09. The Morgan fingerprint density at radius 2 is 2.00 bits per heavy atom. The van der Waals surface area contributed by atoms with Gasteiger partial charge in [0.15, 0.2) is 0 Å². The summed E-state index contributed by atoms with van der Waals surface area (Å²) in [5, 5.41) is 9.95. The zero-order chi connectivity index (χ0) is 7.98. The summed E-state index contributed by atoms with van der Waals surface area (Å²) in [5.41, 5.74) is 2.63. The maximum Gasteiger partial charge on any atom is 0.0161 e. The maximum atomic E-state index is 6.88. The van der Waals surface area contributed by atoms with E-state index in [0.29, 0.717) is 0 Å². The summed E-state index contributed by atoms with van der Waals surface area (Å²) in [7, 11) is 1.93. The Bertz CT molecular complexity index is 136. The molecule has 10 heavy (non-hydrogen) atoms. The summed E-state index contributed by atoms with van der Waals surface area (Å²) in [4.78, 5) is 0. The first kappa shape index (κ1) is 9.37. The molecule has 0 aliphatic carbocycles. The highest BCUT2D eigenvalue weighted by molar-refractivity contribution is 5.57. The van der Waals surface area contributed by atoms with E-state index in [9.17, 15) is 0 Å². The lowest BCUT2D eigenvalue weighted by Crippen LogP contribution is -2.09. The third-order valence-electron chi connectivity index (χ3n) is 1.58. The van der Waals surface area contributed by atoms with Crippen molar-refractivity contribution in [1.29, 1.82) is 5.41 Å². The van der Waals surface area contributed by atoms with Gasteiger partial charge in [-0.2, -0.15) is 0 Å². The fraction of sp³-hybridized carbons (Fsp3) is 0.625. The van der Waals surface area contributed by atoms with E-state index in [1.165, 1.54) is 17.4 Å². The zero-order valence-electron chi connectivity index (χ0n) is 6.99. The predicted octanol–water partition coefficient (Wildman–Crippen LogP) is 1.58. The van der Waals surface area contributed by atoms with Gasteiger partial charge >= 0.3 is 0 Å². The van der Waals surface area contributed by atoms with Crippen LogP contribution in [0, 0.1) is 5.41 Å². The summed E-state index contributed by atoms with van der Waals surface area (Å²) < 4.78 is 0. The third kappa shape index (κ3) is 3.41. The molecule has 2 N–H and O–H groups in total. The SMILES string of the molecule is CNC/C(C)=C(/C)CC=N. The van der Waals surface area contributed by atoms with Crippen LogP contribution in [0.5, 0.6) is 0 Å². The van der Waals surface area contributed by atoms with Gasteiger partial charge in [-0.15, -0.1) is 0 Å². The fourth-order valence-electron chi connectivity index (χ4n) is 0.743. The lowest BCUT2D eigenvalue weighted by molar-refractivity contribution is 0.865. The minimum absolute atomic E-state index is 0.785. The highest BCUT2D eigenvalue weighted by Gasteiger charge is 1.92. The first-order valence-corrected chi connectivity index (χ1v) is 3.51. The van der Waals surface area contributed by atoms with Gasteiger partial charge in [-0.05, 0) is 27.1 Å². The van der Waals surface area contributed by atoms with Gasteiger partial charge in [0.05, 0.1) is 0 Å². The zero-order valence-corrected chi connectivity index (χ0v) is 6.99. The number of allylic oxidation sites excluding steroid dienone is 1. The summed E-state index contributed by atoms with van der Waals surface area (Å²) in [5.74, 6) is 0. The topological polar surface area (TPSA) is 35.9 Å². The molecule has 0 heterocycles. The van der Waals surface area contributed by atoms with Gasteiger partial charge in [0.1, 0.15) is 0 Å². The van der Waals surface area contributed by atoms with Gasteiger partial charge in [-0.25, -0.2) is 0 Å². The van der Waals surface area contributed by atoms with Crippen LogP contribution < -0.4 is 5.32 Å². The van der Waals surface area contributed by atoms with Crippen molar-refractivity contribution in [2.75, 3.05) is 13.6 Å². The van der Waals surface area contributed by atoms with Crippen molar-refractivity contribution in [3.63, 3.8) is 0 Å². The van der Waals surface area contributed by atoms with E-state index in [4.69, 9.17) is 5.41 Å².